The van der Waals surface area contributed by atoms with Crippen LogP contribution in [0.1, 0.15) is 31.1 Å². The second kappa shape index (κ2) is 6.47. The molecule has 0 bridgehead atoms. The van der Waals surface area contributed by atoms with Crippen molar-refractivity contribution < 1.29 is 4.74 Å². The van der Waals surface area contributed by atoms with Gasteiger partial charge in [0.25, 0.3) is 0 Å². The Balaban J connectivity index is 2.27. The normalized spacial score (nSPS) is 12.3. The molecule has 2 aromatic rings. The minimum atomic E-state index is 0.0779. The van der Waals surface area contributed by atoms with Crippen LogP contribution in [0.15, 0.2) is 29.4 Å². The quantitative estimate of drug-likeness (QED) is 0.870. The number of aromatic nitrogens is 2. The number of thiazole rings is 1. The lowest BCUT2D eigenvalue weighted by molar-refractivity contribution is 0.338. The summed E-state index contributed by atoms with van der Waals surface area (Å²) < 4.78 is 5.48. The average Bonchev–Trinajstić information content (AvgIpc) is 2.90. The Bertz CT molecular complexity index is 473. The molecule has 0 aromatic carbocycles. The highest BCUT2D eigenvalue weighted by Crippen LogP contribution is 2.24. The summed E-state index contributed by atoms with van der Waals surface area (Å²) in [4.78, 5) is 8.60. The van der Waals surface area contributed by atoms with Gasteiger partial charge < -0.3 is 10.1 Å². The standard InChI is InChI=1S/C13H17N3OS/c1-3-15-13(12-8-18-9-16-12)10-5-11(17-4-2)7-14-6-10/h5-9,13,15H,3-4H2,1-2H3. The zero-order chi connectivity index (χ0) is 12.8. The first-order valence-electron chi connectivity index (χ1n) is 6.04. The maximum Gasteiger partial charge on any atom is 0.137 e. The van der Waals surface area contributed by atoms with E-state index in [4.69, 9.17) is 4.74 Å². The summed E-state index contributed by atoms with van der Waals surface area (Å²) in [7, 11) is 0. The highest BCUT2D eigenvalue weighted by atomic mass is 32.1. The van der Waals surface area contributed by atoms with Crippen LogP contribution >= 0.6 is 11.3 Å². The number of nitrogens with zero attached hydrogens (tertiary/aromatic N) is 2. The van der Waals surface area contributed by atoms with Gasteiger partial charge in [0.1, 0.15) is 5.75 Å². The van der Waals surface area contributed by atoms with E-state index in [0.717, 1.165) is 23.6 Å². The van der Waals surface area contributed by atoms with Gasteiger partial charge in [0.15, 0.2) is 0 Å². The summed E-state index contributed by atoms with van der Waals surface area (Å²) in [5.41, 5.74) is 3.95. The second-order valence-corrected chi connectivity index (χ2v) is 4.51. The van der Waals surface area contributed by atoms with E-state index in [1.807, 2.05) is 24.7 Å². The van der Waals surface area contributed by atoms with Crippen LogP contribution in [0.5, 0.6) is 5.75 Å². The molecule has 2 aromatic heterocycles. The lowest BCUT2D eigenvalue weighted by atomic mass is 10.1. The molecule has 96 valence electrons. The molecule has 0 fully saturated rings. The molecular formula is C13H17N3OS. The van der Waals surface area contributed by atoms with Crippen LogP contribution in [0.25, 0.3) is 0 Å². The van der Waals surface area contributed by atoms with Gasteiger partial charge in [-0.15, -0.1) is 11.3 Å². The van der Waals surface area contributed by atoms with Crippen LogP contribution in [0, 0.1) is 0 Å². The van der Waals surface area contributed by atoms with Crippen molar-refractivity contribution in [3.63, 3.8) is 0 Å². The first-order valence-corrected chi connectivity index (χ1v) is 6.98. The first kappa shape index (κ1) is 13.0. The zero-order valence-electron chi connectivity index (χ0n) is 10.6. The molecule has 2 rings (SSSR count). The molecule has 18 heavy (non-hydrogen) atoms. The average molecular weight is 263 g/mol. The number of ether oxygens (including phenoxy) is 1. The Kier molecular flexibility index (Phi) is 4.66. The highest BCUT2D eigenvalue weighted by molar-refractivity contribution is 7.07. The van der Waals surface area contributed by atoms with Crippen LogP contribution in [0.4, 0.5) is 0 Å². The van der Waals surface area contributed by atoms with Gasteiger partial charge in [0.2, 0.25) is 0 Å². The number of pyridine rings is 1. The monoisotopic (exact) mass is 263 g/mol. The minimum Gasteiger partial charge on any atom is -0.492 e. The fourth-order valence-electron chi connectivity index (χ4n) is 1.80. The summed E-state index contributed by atoms with van der Waals surface area (Å²) in [6.45, 7) is 5.57. The van der Waals surface area contributed by atoms with E-state index in [1.165, 1.54) is 0 Å². The van der Waals surface area contributed by atoms with Crippen LogP contribution in [0.2, 0.25) is 0 Å². The van der Waals surface area contributed by atoms with Gasteiger partial charge in [-0.05, 0) is 25.1 Å². The smallest absolute Gasteiger partial charge is 0.137 e. The van der Waals surface area contributed by atoms with E-state index in [1.54, 1.807) is 17.5 Å². The SMILES string of the molecule is CCNC(c1cncc(OCC)c1)c1cscn1. The summed E-state index contributed by atoms with van der Waals surface area (Å²) in [6.07, 6.45) is 3.59. The summed E-state index contributed by atoms with van der Waals surface area (Å²) in [5.74, 6) is 0.799. The van der Waals surface area contributed by atoms with Gasteiger partial charge in [-0.25, -0.2) is 4.98 Å². The molecule has 0 saturated heterocycles. The topological polar surface area (TPSA) is 47.0 Å². The fourth-order valence-corrected chi connectivity index (χ4v) is 2.38. The third-order valence-corrected chi connectivity index (χ3v) is 3.14. The van der Waals surface area contributed by atoms with E-state index in [0.29, 0.717) is 6.61 Å². The minimum absolute atomic E-state index is 0.0779. The van der Waals surface area contributed by atoms with E-state index in [9.17, 15) is 0 Å². The maximum absolute atomic E-state index is 5.48. The molecule has 1 N–H and O–H groups in total. The molecule has 4 nitrogen and oxygen atoms in total. The van der Waals surface area contributed by atoms with Crippen LogP contribution < -0.4 is 10.1 Å². The van der Waals surface area contributed by atoms with Crippen molar-refractivity contribution in [2.45, 2.75) is 19.9 Å². The first-order chi connectivity index (χ1) is 8.85. The summed E-state index contributed by atoms with van der Waals surface area (Å²) in [6, 6.07) is 2.09. The van der Waals surface area contributed by atoms with E-state index in [2.05, 4.69) is 27.6 Å². The Morgan fingerprint density at radius 1 is 1.39 bits per heavy atom. The van der Waals surface area contributed by atoms with Gasteiger partial charge in [0, 0.05) is 11.6 Å². The fraction of sp³-hybridized carbons (Fsp3) is 0.385. The Morgan fingerprint density at radius 3 is 2.94 bits per heavy atom. The third-order valence-electron chi connectivity index (χ3n) is 2.53. The Labute approximate surface area is 111 Å². The predicted molar refractivity (Wildman–Crippen MR) is 73.0 cm³/mol. The zero-order valence-corrected chi connectivity index (χ0v) is 11.4. The lowest BCUT2D eigenvalue weighted by Crippen LogP contribution is -2.22. The molecule has 0 aliphatic carbocycles. The number of hydrogen-bond acceptors (Lipinski definition) is 5. The van der Waals surface area contributed by atoms with E-state index in [-0.39, 0.29) is 6.04 Å². The van der Waals surface area contributed by atoms with Crippen molar-refractivity contribution in [2.24, 2.45) is 0 Å². The molecule has 0 radical (unpaired) electrons. The van der Waals surface area contributed by atoms with Crippen LogP contribution in [-0.4, -0.2) is 23.1 Å². The number of hydrogen-bond donors (Lipinski definition) is 1. The van der Waals surface area contributed by atoms with Crippen LogP contribution in [-0.2, 0) is 0 Å². The summed E-state index contributed by atoms with van der Waals surface area (Å²) >= 11 is 1.60. The molecule has 5 heteroatoms. The van der Waals surface area contributed by atoms with Crippen molar-refractivity contribution in [3.05, 3.63) is 40.6 Å². The highest BCUT2D eigenvalue weighted by Gasteiger charge is 2.15. The molecule has 1 unspecified atom stereocenters. The van der Waals surface area contributed by atoms with Gasteiger partial charge in [0.05, 0.1) is 30.1 Å². The van der Waals surface area contributed by atoms with Crippen molar-refractivity contribution in [2.75, 3.05) is 13.2 Å². The van der Waals surface area contributed by atoms with Crippen LogP contribution in [0.3, 0.4) is 0 Å². The molecule has 0 spiro atoms. The van der Waals surface area contributed by atoms with Gasteiger partial charge >= 0.3 is 0 Å². The van der Waals surface area contributed by atoms with E-state index < -0.39 is 0 Å². The molecule has 1 atom stereocenters. The number of nitrogens with one attached hydrogen (secondary N) is 1. The third kappa shape index (κ3) is 3.05. The molecular weight excluding hydrogens is 246 g/mol. The van der Waals surface area contributed by atoms with Crippen molar-refractivity contribution in [1.82, 2.24) is 15.3 Å². The molecule has 0 aliphatic rings. The lowest BCUT2D eigenvalue weighted by Gasteiger charge is -2.16. The van der Waals surface area contributed by atoms with Gasteiger partial charge in [-0.3, -0.25) is 4.98 Å². The molecule has 0 amide bonds. The van der Waals surface area contributed by atoms with Gasteiger partial charge in [-0.2, -0.15) is 0 Å². The Morgan fingerprint density at radius 2 is 2.28 bits per heavy atom. The van der Waals surface area contributed by atoms with Crippen molar-refractivity contribution in [3.8, 4) is 5.75 Å². The van der Waals surface area contributed by atoms with E-state index >= 15 is 0 Å². The predicted octanol–water partition coefficient (Wildman–Crippen LogP) is 2.64. The summed E-state index contributed by atoms with van der Waals surface area (Å²) in [5, 5.41) is 5.48. The number of rotatable bonds is 6. The van der Waals surface area contributed by atoms with Crippen molar-refractivity contribution >= 4 is 11.3 Å². The maximum atomic E-state index is 5.48. The van der Waals surface area contributed by atoms with Gasteiger partial charge in [-0.1, -0.05) is 6.92 Å². The molecule has 0 aliphatic heterocycles. The largest absolute Gasteiger partial charge is 0.492 e. The molecule has 0 saturated carbocycles. The molecule has 2 heterocycles. The Hall–Kier alpha value is -1.46. The second-order valence-electron chi connectivity index (χ2n) is 3.79. The van der Waals surface area contributed by atoms with Crippen molar-refractivity contribution in [1.29, 1.82) is 0 Å².